The Hall–Kier alpha value is -4.51. The second-order valence-corrected chi connectivity index (χ2v) is 9.13. The minimum atomic E-state index is -0.890. The number of phenols is 1. The van der Waals surface area contributed by atoms with E-state index in [4.69, 9.17) is 0 Å². The summed E-state index contributed by atoms with van der Waals surface area (Å²) >= 11 is 0.740. The Balaban J connectivity index is 1.56. The molecule has 1 fully saturated rings. The summed E-state index contributed by atoms with van der Waals surface area (Å²) in [5.41, 5.74) is 1.66. The summed E-state index contributed by atoms with van der Waals surface area (Å²) in [5.74, 6) is -3.04. The smallest absolute Gasteiger partial charge is 0.290 e. The van der Waals surface area contributed by atoms with Gasteiger partial charge in [-0.15, -0.1) is 10.2 Å². The van der Waals surface area contributed by atoms with Crippen molar-refractivity contribution in [2.75, 3.05) is 0 Å². The fourth-order valence-electron chi connectivity index (χ4n) is 3.93. The highest BCUT2D eigenvalue weighted by molar-refractivity contribution is 8.18. The number of phenolic OH excluding ortho intramolecular Hbond substituents is 1. The molecule has 1 aromatic heterocycles. The van der Waals surface area contributed by atoms with Gasteiger partial charge in [-0.05, 0) is 65.7 Å². The number of fused-ring (bicyclic) bond motifs is 1. The number of imide groups is 1. The van der Waals surface area contributed by atoms with Crippen molar-refractivity contribution in [2.24, 2.45) is 10.2 Å². The average Bonchev–Trinajstić information content (AvgIpc) is 3.33. The lowest BCUT2D eigenvalue weighted by molar-refractivity contribution is -0.115. The SMILES string of the molecule is CCc1ccc(-n2c(O)c(N=Nc3ccc(/C=C4\SC(=O)NC4=O)cc3O)c3cc(F)cc(F)c32)cc1. The van der Waals surface area contributed by atoms with Crippen LogP contribution in [0.5, 0.6) is 11.6 Å². The molecular weight excluding hydrogens is 502 g/mol. The Morgan fingerprint density at radius 3 is 2.43 bits per heavy atom. The van der Waals surface area contributed by atoms with Crippen LogP contribution in [0.15, 0.2) is 69.7 Å². The summed E-state index contributed by atoms with van der Waals surface area (Å²) in [5, 5.41) is 31.0. The topological polar surface area (TPSA) is 116 Å². The number of aryl methyl sites for hydroxylation is 1. The number of carbonyl (C=O) groups excluding carboxylic acids is 2. The molecule has 0 saturated carbocycles. The maximum atomic E-state index is 14.9. The van der Waals surface area contributed by atoms with Gasteiger partial charge < -0.3 is 10.2 Å². The van der Waals surface area contributed by atoms with E-state index in [1.165, 1.54) is 28.8 Å². The number of nitrogens with zero attached hydrogens (tertiary/aromatic N) is 3. The lowest BCUT2D eigenvalue weighted by Gasteiger charge is -2.08. The lowest BCUT2D eigenvalue weighted by atomic mass is 10.1. The number of aromatic hydroxyl groups is 2. The van der Waals surface area contributed by atoms with Gasteiger partial charge in [-0.1, -0.05) is 25.1 Å². The minimum absolute atomic E-state index is 0.00577. The Morgan fingerprint density at radius 2 is 1.78 bits per heavy atom. The highest BCUT2D eigenvalue weighted by Crippen LogP contribution is 2.43. The molecule has 37 heavy (non-hydrogen) atoms. The van der Waals surface area contributed by atoms with Gasteiger partial charge in [0.05, 0.1) is 10.4 Å². The maximum Gasteiger partial charge on any atom is 0.290 e. The molecule has 2 heterocycles. The maximum absolute atomic E-state index is 14.9. The molecule has 8 nitrogen and oxygen atoms in total. The third-order valence-corrected chi connectivity index (χ3v) is 6.54. The molecular formula is C26H18F2N4O4S. The molecule has 0 radical (unpaired) electrons. The number of rotatable bonds is 5. The van der Waals surface area contributed by atoms with Crippen molar-refractivity contribution in [3.05, 3.63) is 82.3 Å². The number of carbonyl (C=O) groups is 2. The number of hydrogen-bond acceptors (Lipinski definition) is 7. The van der Waals surface area contributed by atoms with Gasteiger partial charge in [0, 0.05) is 17.1 Å². The predicted octanol–water partition coefficient (Wildman–Crippen LogP) is 6.62. The molecule has 2 amide bonds. The van der Waals surface area contributed by atoms with Crippen LogP contribution in [0.25, 0.3) is 22.7 Å². The fraction of sp³-hybridized carbons (Fsp3) is 0.0769. The van der Waals surface area contributed by atoms with Gasteiger partial charge >= 0.3 is 0 Å². The molecule has 0 atom stereocenters. The van der Waals surface area contributed by atoms with Gasteiger partial charge in [-0.25, -0.2) is 8.78 Å². The van der Waals surface area contributed by atoms with Crippen LogP contribution in [0.4, 0.5) is 25.0 Å². The van der Waals surface area contributed by atoms with Gasteiger partial charge in [0.1, 0.15) is 17.3 Å². The summed E-state index contributed by atoms with van der Waals surface area (Å²) < 4.78 is 30.2. The van der Waals surface area contributed by atoms with Crippen molar-refractivity contribution in [1.29, 1.82) is 0 Å². The van der Waals surface area contributed by atoms with Crippen LogP contribution in [-0.4, -0.2) is 25.9 Å². The molecule has 1 saturated heterocycles. The van der Waals surface area contributed by atoms with Gasteiger partial charge in [0.25, 0.3) is 11.1 Å². The second-order valence-electron chi connectivity index (χ2n) is 8.11. The van der Waals surface area contributed by atoms with Crippen LogP contribution in [0.2, 0.25) is 0 Å². The van der Waals surface area contributed by atoms with Crippen molar-refractivity contribution in [2.45, 2.75) is 13.3 Å². The molecule has 0 spiro atoms. The number of amides is 2. The summed E-state index contributed by atoms with van der Waals surface area (Å²) in [6.07, 6.45) is 2.22. The van der Waals surface area contributed by atoms with Gasteiger partial charge in [-0.2, -0.15) is 0 Å². The minimum Gasteiger partial charge on any atom is -0.506 e. The van der Waals surface area contributed by atoms with E-state index in [0.29, 0.717) is 11.3 Å². The Bertz CT molecular complexity index is 1650. The number of aromatic nitrogens is 1. The van der Waals surface area contributed by atoms with E-state index >= 15 is 0 Å². The monoisotopic (exact) mass is 520 g/mol. The van der Waals surface area contributed by atoms with Gasteiger partial charge in [0.15, 0.2) is 11.5 Å². The number of benzene rings is 3. The largest absolute Gasteiger partial charge is 0.506 e. The first-order valence-corrected chi connectivity index (χ1v) is 11.9. The normalized spacial score (nSPS) is 14.8. The number of azo groups is 1. The van der Waals surface area contributed by atoms with Crippen LogP contribution in [0.1, 0.15) is 18.1 Å². The van der Waals surface area contributed by atoms with E-state index in [2.05, 4.69) is 15.5 Å². The highest BCUT2D eigenvalue weighted by atomic mass is 32.2. The van der Waals surface area contributed by atoms with E-state index in [1.54, 1.807) is 12.1 Å². The Morgan fingerprint density at radius 1 is 1.03 bits per heavy atom. The first-order chi connectivity index (χ1) is 17.7. The molecule has 0 aliphatic carbocycles. The summed E-state index contributed by atoms with van der Waals surface area (Å²) in [6.45, 7) is 1.99. The quantitative estimate of drug-likeness (QED) is 0.202. The summed E-state index contributed by atoms with van der Waals surface area (Å²) in [4.78, 5) is 23.2. The van der Waals surface area contributed by atoms with Gasteiger partial charge in [0.2, 0.25) is 5.88 Å². The Kier molecular flexibility index (Phi) is 6.22. The fourth-order valence-corrected chi connectivity index (χ4v) is 4.61. The second kappa shape index (κ2) is 9.51. The van der Waals surface area contributed by atoms with Crippen molar-refractivity contribution in [1.82, 2.24) is 9.88 Å². The van der Waals surface area contributed by atoms with Crippen LogP contribution in [0.3, 0.4) is 0 Å². The molecule has 5 rings (SSSR count). The Labute approximate surface area is 213 Å². The summed E-state index contributed by atoms with van der Waals surface area (Å²) in [6, 6.07) is 13.1. The van der Waals surface area contributed by atoms with E-state index in [9.17, 15) is 28.6 Å². The molecule has 0 unspecified atom stereocenters. The van der Waals surface area contributed by atoms with E-state index in [-0.39, 0.29) is 32.9 Å². The first kappa shape index (κ1) is 24.2. The molecule has 3 aromatic carbocycles. The summed E-state index contributed by atoms with van der Waals surface area (Å²) in [7, 11) is 0. The number of thioether (sulfide) groups is 1. The molecule has 0 bridgehead atoms. The standard InChI is InChI=1S/C26H18F2N4O4S/c1-2-13-3-6-16(7-4-13)32-23-17(11-15(27)12-18(23)28)22(25(32)35)31-30-19-8-5-14(9-20(19)33)10-21-24(34)29-26(36)37-21/h3-12,33,35H,2H2,1H3,(H,29,34,36)/b21-10-,31-30?. The van der Waals surface area contributed by atoms with E-state index in [1.807, 2.05) is 19.1 Å². The van der Waals surface area contributed by atoms with Crippen molar-refractivity contribution >= 4 is 51.3 Å². The van der Waals surface area contributed by atoms with Gasteiger partial charge in [-0.3, -0.25) is 19.5 Å². The molecule has 1 aliphatic heterocycles. The first-order valence-electron chi connectivity index (χ1n) is 11.1. The molecule has 186 valence electrons. The molecule has 3 N–H and O–H groups in total. The third-order valence-electron chi connectivity index (χ3n) is 5.73. The van der Waals surface area contributed by atoms with E-state index < -0.39 is 28.7 Å². The van der Waals surface area contributed by atoms with E-state index in [0.717, 1.165) is 35.9 Å². The molecule has 11 heteroatoms. The molecule has 1 aliphatic rings. The number of hydrogen-bond donors (Lipinski definition) is 3. The van der Waals surface area contributed by atoms with Crippen molar-refractivity contribution in [3.63, 3.8) is 0 Å². The van der Waals surface area contributed by atoms with Crippen LogP contribution >= 0.6 is 11.8 Å². The highest BCUT2D eigenvalue weighted by Gasteiger charge is 2.25. The van der Waals surface area contributed by atoms with Crippen molar-refractivity contribution < 1.29 is 28.6 Å². The third kappa shape index (κ3) is 4.56. The molecule has 4 aromatic rings. The van der Waals surface area contributed by atoms with Crippen LogP contribution in [0, 0.1) is 11.6 Å². The number of halogens is 2. The average molecular weight is 521 g/mol. The number of nitrogens with one attached hydrogen (secondary N) is 1. The lowest BCUT2D eigenvalue weighted by Crippen LogP contribution is -2.17. The zero-order valence-electron chi connectivity index (χ0n) is 19.2. The zero-order valence-corrected chi connectivity index (χ0v) is 20.0. The van der Waals surface area contributed by atoms with Crippen LogP contribution < -0.4 is 5.32 Å². The van der Waals surface area contributed by atoms with Crippen molar-refractivity contribution in [3.8, 4) is 17.3 Å². The predicted molar refractivity (Wildman–Crippen MR) is 136 cm³/mol. The zero-order chi connectivity index (χ0) is 26.3. The van der Waals surface area contributed by atoms with Crippen LogP contribution in [-0.2, 0) is 11.2 Å².